The molecule has 1 aliphatic carbocycles. The molecular weight excluding hydrogens is 336 g/mol. The molecule has 0 heterocycles. The van der Waals surface area contributed by atoms with Crippen molar-refractivity contribution in [1.82, 2.24) is 10.2 Å². The molecule has 0 aliphatic heterocycles. The van der Waals surface area contributed by atoms with Crippen LogP contribution in [0.15, 0.2) is 30.3 Å². The predicted molar refractivity (Wildman–Crippen MR) is 110 cm³/mol. The minimum absolute atomic E-state index is 0.00301. The van der Waals surface area contributed by atoms with Crippen LogP contribution in [0.3, 0.4) is 0 Å². The molecule has 2 unspecified atom stereocenters. The first-order valence-corrected chi connectivity index (χ1v) is 10.6. The van der Waals surface area contributed by atoms with Gasteiger partial charge in [-0.25, -0.2) is 0 Å². The van der Waals surface area contributed by atoms with Gasteiger partial charge in [-0.05, 0) is 38.2 Å². The van der Waals surface area contributed by atoms with E-state index in [-0.39, 0.29) is 23.9 Å². The second-order valence-electron chi connectivity index (χ2n) is 7.98. The van der Waals surface area contributed by atoms with Crippen LogP contribution < -0.4 is 5.32 Å². The molecule has 1 aromatic rings. The van der Waals surface area contributed by atoms with Crippen molar-refractivity contribution in [2.75, 3.05) is 6.54 Å². The van der Waals surface area contributed by atoms with Gasteiger partial charge in [-0.1, -0.05) is 62.9 Å². The highest BCUT2D eigenvalue weighted by atomic mass is 16.2. The minimum atomic E-state index is -0.0196. The van der Waals surface area contributed by atoms with Crippen LogP contribution >= 0.6 is 0 Å². The van der Waals surface area contributed by atoms with Gasteiger partial charge >= 0.3 is 0 Å². The van der Waals surface area contributed by atoms with E-state index in [9.17, 15) is 9.59 Å². The van der Waals surface area contributed by atoms with Crippen molar-refractivity contribution in [3.8, 4) is 0 Å². The first kappa shape index (κ1) is 21.5. The summed E-state index contributed by atoms with van der Waals surface area (Å²) in [5.41, 5.74) is 1.09. The first-order chi connectivity index (χ1) is 13.0. The number of carbonyl (C=O) groups excluding carboxylic acids is 2. The Labute approximate surface area is 164 Å². The maximum absolute atomic E-state index is 12.8. The van der Waals surface area contributed by atoms with Gasteiger partial charge in [0.25, 0.3) is 0 Å². The summed E-state index contributed by atoms with van der Waals surface area (Å²) in [6.07, 6.45) is 8.07. The minimum Gasteiger partial charge on any atom is -0.350 e. The standard InChI is InChI=1S/C23H36N2O2/c1-4-18(2)25(23(27)15-14-20-10-8-9-11-20)17-16-22(26)24-19(3)21-12-6-5-7-13-21/h5-7,12-13,18-20H,4,8-11,14-17H2,1-3H3,(H,24,26). The zero-order valence-electron chi connectivity index (χ0n) is 17.2. The van der Waals surface area contributed by atoms with Gasteiger partial charge in [0, 0.05) is 25.4 Å². The molecule has 1 aliphatic rings. The molecule has 2 amide bonds. The molecule has 0 saturated heterocycles. The van der Waals surface area contributed by atoms with Crippen LogP contribution in [-0.2, 0) is 9.59 Å². The molecule has 4 heteroatoms. The molecule has 2 atom stereocenters. The van der Waals surface area contributed by atoms with Crippen molar-refractivity contribution >= 4 is 11.8 Å². The molecule has 1 aromatic carbocycles. The normalized spacial score (nSPS) is 16.7. The number of hydrogen-bond donors (Lipinski definition) is 1. The highest BCUT2D eigenvalue weighted by molar-refractivity contribution is 5.79. The average molecular weight is 373 g/mol. The molecule has 1 N–H and O–H groups in total. The van der Waals surface area contributed by atoms with Crippen LogP contribution in [0.2, 0.25) is 0 Å². The van der Waals surface area contributed by atoms with Gasteiger partial charge in [-0.15, -0.1) is 0 Å². The lowest BCUT2D eigenvalue weighted by Gasteiger charge is -2.29. The van der Waals surface area contributed by atoms with Gasteiger partial charge in [0.2, 0.25) is 11.8 Å². The van der Waals surface area contributed by atoms with Crippen LogP contribution in [-0.4, -0.2) is 29.3 Å². The third-order valence-corrected chi connectivity index (χ3v) is 5.94. The van der Waals surface area contributed by atoms with Gasteiger partial charge in [-0.3, -0.25) is 9.59 Å². The van der Waals surface area contributed by atoms with Gasteiger partial charge in [0.15, 0.2) is 0 Å². The van der Waals surface area contributed by atoms with Crippen LogP contribution in [0, 0.1) is 5.92 Å². The number of benzene rings is 1. The Morgan fingerprint density at radius 1 is 1.11 bits per heavy atom. The Morgan fingerprint density at radius 3 is 2.41 bits per heavy atom. The Morgan fingerprint density at radius 2 is 1.78 bits per heavy atom. The fraction of sp³-hybridized carbons (Fsp3) is 0.652. The molecule has 0 bridgehead atoms. The molecule has 4 nitrogen and oxygen atoms in total. The van der Waals surface area contributed by atoms with E-state index in [1.165, 1.54) is 25.7 Å². The number of nitrogens with one attached hydrogen (secondary N) is 1. The smallest absolute Gasteiger partial charge is 0.222 e. The Hall–Kier alpha value is -1.84. The zero-order valence-corrected chi connectivity index (χ0v) is 17.2. The summed E-state index contributed by atoms with van der Waals surface area (Å²) in [6.45, 7) is 6.68. The molecule has 150 valence electrons. The Bertz CT molecular complexity index is 581. The van der Waals surface area contributed by atoms with E-state index < -0.39 is 0 Å². The lowest BCUT2D eigenvalue weighted by molar-refractivity contribution is -0.134. The van der Waals surface area contributed by atoms with Crippen molar-refractivity contribution in [3.05, 3.63) is 35.9 Å². The van der Waals surface area contributed by atoms with Gasteiger partial charge < -0.3 is 10.2 Å². The first-order valence-electron chi connectivity index (χ1n) is 10.6. The number of hydrogen-bond acceptors (Lipinski definition) is 2. The predicted octanol–water partition coefficient (Wildman–Crippen LogP) is 4.85. The maximum Gasteiger partial charge on any atom is 0.222 e. The number of carbonyl (C=O) groups is 2. The average Bonchev–Trinajstić information content (AvgIpc) is 3.20. The van der Waals surface area contributed by atoms with E-state index in [1.54, 1.807) is 0 Å². The summed E-state index contributed by atoms with van der Waals surface area (Å²) in [5, 5.41) is 3.05. The quantitative estimate of drug-likeness (QED) is 0.638. The van der Waals surface area contributed by atoms with Crippen molar-refractivity contribution in [1.29, 1.82) is 0 Å². The third kappa shape index (κ3) is 7.00. The van der Waals surface area contributed by atoms with E-state index in [2.05, 4.69) is 19.2 Å². The van der Waals surface area contributed by atoms with Crippen LogP contribution in [0.1, 0.15) is 83.7 Å². The van der Waals surface area contributed by atoms with Crippen LogP contribution in [0.4, 0.5) is 0 Å². The monoisotopic (exact) mass is 372 g/mol. The molecule has 27 heavy (non-hydrogen) atoms. The van der Waals surface area contributed by atoms with Crippen LogP contribution in [0.5, 0.6) is 0 Å². The van der Waals surface area contributed by atoms with Crippen molar-refractivity contribution < 1.29 is 9.59 Å². The lowest BCUT2D eigenvalue weighted by Crippen LogP contribution is -2.41. The lowest BCUT2D eigenvalue weighted by atomic mass is 10.0. The summed E-state index contributed by atoms with van der Waals surface area (Å²) < 4.78 is 0. The highest BCUT2D eigenvalue weighted by Gasteiger charge is 2.22. The Balaban J connectivity index is 1.81. The molecular formula is C23H36N2O2. The number of rotatable bonds is 10. The van der Waals surface area contributed by atoms with Gasteiger partial charge in [-0.2, -0.15) is 0 Å². The molecule has 0 spiro atoms. The molecule has 1 saturated carbocycles. The van der Waals surface area contributed by atoms with E-state index in [4.69, 9.17) is 0 Å². The third-order valence-electron chi connectivity index (χ3n) is 5.94. The zero-order chi connectivity index (χ0) is 19.6. The molecule has 2 rings (SSSR count). The SMILES string of the molecule is CCC(C)N(CCC(=O)NC(C)c1ccccc1)C(=O)CCC1CCCC1. The van der Waals surface area contributed by atoms with E-state index in [1.807, 2.05) is 42.2 Å². The topological polar surface area (TPSA) is 49.4 Å². The van der Waals surface area contributed by atoms with Crippen molar-refractivity contribution in [2.45, 2.75) is 84.2 Å². The summed E-state index contributed by atoms with van der Waals surface area (Å²) in [5.74, 6) is 0.936. The van der Waals surface area contributed by atoms with Crippen molar-refractivity contribution in [3.63, 3.8) is 0 Å². The fourth-order valence-corrected chi connectivity index (χ4v) is 3.94. The molecule has 0 aromatic heterocycles. The van der Waals surface area contributed by atoms with Gasteiger partial charge in [0.05, 0.1) is 6.04 Å². The summed E-state index contributed by atoms with van der Waals surface area (Å²) in [7, 11) is 0. The van der Waals surface area contributed by atoms with E-state index in [0.717, 1.165) is 24.3 Å². The molecule has 0 radical (unpaired) electrons. The summed E-state index contributed by atoms with van der Waals surface area (Å²) in [4.78, 5) is 27.1. The second kappa shape index (κ2) is 11.1. The number of nitrogens with zero attached hydrogens (tertiary/aromatic N) is 1. The van der Waals surface area contributed by atoms with Crippen LogP contribution in [0.25, 0.3) is 0 Å². The molecule has 1 fully saturated rings. The summed E-state index contributed by atoms with van der Waals surface area (Å²) in [6, 6.07) is 10.1. The second-order valence-corrected chi connectivity index (χ2v) is 7.98. The Kier molecular flexibility index (Phi) is 8.83. The highest BCUT2D eigenvalue weighted by Crippen LogP contribution is 2.29. The maximum atomic E-state index is 12.8. The van der Waals surface area contributed by atoms with Gasteiger partial charge in [0.1, 0.15) is 0 Å². The van der Waals surface area contributed by atoms with Crippen molar-refractivity contribution in [2.24, 2.45) is 5.92 Å². The number of amides is 2. The van der Waals surface area contributed by atoms with E-state index in [0.29, 0.717) is 19.4 Å². The van der Waals surface area contributed by atoms with E-state index >= 15 is 0 Å². The summed E-state index contributed by atoms with van der Waals surface area (Å²) >= 11 is 0. The fourth-order valence-electron chi connectivity index (χ4n) is 3.94. The largest absolute Gasteiger partial charge is 0.350 e.